The van der Waals surface area contributed by atoms with E-state index in [1.807, 2.05) is 13.8 Å². The van der Waals surface area contributed by atoms with Crippen molar-refractivity contribution in [2.45, 2.75) is 26.3 Å². The zero-order valence-corrected chi connectivity index (χ0v) is 7.98. The molecular weight excluding hydrogens is 172 g/mol. The second-order valence-electron chi connectivity index (χ2n) is 2.82. The summed E-state index contributed by atoms with van der Waals surface area (Å²) in [6.07, 6.45) is 0. The molecule has 0 bridgehead atoms. The van der Waals surface area contributed by atoms with Gasteiger partial charge < -0.3 is 10.7 Å². The van der Waals surface area contributed by atoms with Crippen molar-refractivity contribution in [1.82, 2.24) is 15.0 Å². The van der Waals surface area contributed by atoms with E-state index in [1.165, 1.54) is 0 Å². The molecule has 0 atom stereocenters. The number of nitrogens with two attached hydrogens (primary N) is 1. The Labute approximate surface area is 76.2 Å². The summed E-state index contributed by atoms with van der Waals surface area (Å²) in [6, 6.07) is 0. The lowest BCUT2D eigenvalue weighted by Gasteiger charge is -2.05. The van der Waals surface area contributed by atoms with E-state index in [-0.39, 0.29) is 0 Å². The van der Waals surface area contributed by atoms with Gasteiger partial charge >= 0.3 is 0 Å². The molecule has 0 aliphatic rings. The van der Waals surface area contributed by atoms with Crippen molar-refractivity contribution >= 4 is 12.2 Å². The molecule has 66 valence electrons. The van der Waals surface area contributed by atoms with Crippen LogP contribution in [0.2, 0.25) is 0 Å². The fourth-order valence-corrected chi connectivity index (χ4v) is 1.03. The van der Waals surface area contributed by atoms with E-state index in [9.17, 15) is 0 Å². The lowest BCUT2D eigenvalue weighted by Crippen LogP contribution is -2.08. The molecule has 0 aliphatic heterocycles. The summed E-state index contributed by atoms with van der Waals surface area (Å²) in [6.45, 7) is 4.44. The summed E-state index contributed by atoms with van der Waals surface area (Å²) in [7, 11) is 0. The molecule has 0 radical (unpaired) electrons. The van der Waals surface area contributed by atoms with E-state index < -0.39 is 0 Å². The van der Waals surface area contributed by atoms with Crippen molar-refractivity contribution in [1.29, 1.82) is 0 Å². The van der Waals surface area contributed by atoms with Crippen molar-refractivity contribution in [3.63, 3.8) is 0 Å². The standard InChI is InChI=1S/C7H12N4S/c1-4(2)6-9-5(3-8)10-7(12)11-6/h4H,3,8H2,1-2H3,(H,9,10,11,12). The van der Waals surface area contributed by atoms with E-state index in [0.717, 1.165) is 5.82 Å². The SMILES string of the molecule is CC(C)c1nc(=S)nc(CN)[nH]1. The fourth-order valence-electron chi connectivity index (χ4n) is 0.817. The lowest BCUT2D eigenvalue weighted by molar-refractivity contribution is 0.724. The molecule has 5 heteroatoms. The van der Waals surface area contributed by atoms with Crippen LogP contribution in [0.15, 0.2) is 0 Å². The number of aromatic amines is 1. The van der Waals surface area contributed by atoms with Gasteiger partial charge in [0, 0.05) is 5.92 Å². The number of hydrogen-bond acceptors (Lipinski definition) is 4. The molecular formula is C7H12N4S. The molecule has 0 amide bonds. The van der Waals surface area contributed by atoms with Gasteiger partial charge in [-0.2, -0.15) is 0 Å². The second kappa shape index (κ2) is 3.73. The highest BCUT2D eigenvalue weighted by Gasteiger charge is 2.02. The van der Waals surface area contributed by atoms with Gasteiger partial charge in [0.05, 0.1) is 6.54 Å². The molecule has 1 aromatic rings. The Hall–Kier alpha value is -0.810. The topological polar surface area (TPSA) is 67.6 Å². The summed E-state index contributed by atoms with van der Waals surface area (Å²) in [5, 5.41) is 0. The average Bonchev–Trinajstić information content (AvgIpc) is 2.03. The van der Waals surface area contributed by atoms with Gasteiger partial charge in [-0.05, 0) is 12.2 Å². The summed E-state index contributed by atoms with van der Waals surface area (Å²) < 4.78 is 0.359. The van der Waals surface area contributed by atoms with E-state index in [4.69, 9.17) is 18.0 Å². The quantitative estimate of drug-likeness (QED) is 0.676. The Kier molecular flexibility index (Phi) is 2.88. The van der Waals surface area contributed by atoms with Crippen LogP contribution >= 0.6 is 12.2 Å². The molecule has 4 nitrogen and oxygen atoms in total. The van der Waals surface area contributed by atoms with Crippen molar-refractivity contribution in [2.75, 3.05) is 0 Å². The molecule has 0 saturated carbocycles. The van der Waals surface area contributed by atoms with Crippen LogP contribution in [0, 0.1) is 4.77 Å². The monoisotopic (exact) mass is 184 g/mol. The van der Waals surface area contributed by atoms with Gasteiger partial charge in [-0.3, -0.25) is 0 Å². The Bertz CT molecular complexity index is 317. The Morgan fingerprint density at radius 1 is 1.50 bits per heavy atom. The van der Waals surface area contributed by atoms with Crippen LogP contribution in [0.3, 0.4) is 0 Å². The van der Waals surface area contributed by atoms with Crippen LogP contribution in [-0.4, -0.2) is 15.0 Å². The molecule has 1 aromatic heterocycles. The molecule has 0 aliphatic carbocycles. The highest BCUT2D eigenvalue weighted by molar-refractivity contribution is 7.71. The van der Waals surface area contributed by atoms with Crippen molar-refractivity contribution < 1.29 is 0 Å². The van der Waals surface area contributed by atoms with E-state index in [2.05, 4.69) is 15.0 Å². The van der Waals surface area contributed by atoms with Gasteiger partial charge in [0.15, 0.2) is 0 Å². The zero-order valence-electron chi connectivity index (χ0n) is 7.16. The first kappa shape index (κ1) is 9.28. The van der Waals surface area contributed by atoms with Crippen LogP contribution in [0.25, 0.3) is 0 Å². The molecule has 0 fully saturated rings. The lowest BCUT2D eigenvalue weighted by atomic mass is 10.2. The normalized spacial score (nSPS) is 10.7. The maximum absolute atomic E-state index is 5.42. The molecule has 0 aromatic carbocycles. The van der Waals surface area contributed by atoms with E-state index in [0.29, 0.717) is 23.1 Å². The average molecular weight is 184 g/mol. The number of aromatic nitrogens is 3. The molecule has 0 saturated heterocycles. The van der Waals surface area contributed by atoms with Gasteiger partial charge in [0.2, 0.25) is 4.77 Å². The Morgan fingerprint density at radius 3 is 2.67 bits per heavy atom. The number of nitrogens with zero attached hydrogens (tertiary/aromatic N) is 2. The first-order valence-corrected chi connectivity index (χ1v) is 4.21. The smallest absolute Gasteiger partial charge is 0.222 e. The highest BCUT2D eigenvalue weighted by Crippen LogP contribution is 2.06. The van der Waals surface area contributed by atoms with Crippen molar-refractivity contribution in [2.24, 2.45) is 5.73 Å². The molecule has 0 spiro atoms. The molecule has 3 N–H and O–H groups in total. The summed E-state index contributed by atoms with van der Waals surface area (Å²) >= 11 is 4.87. The number of rotatable bonds is 2. The van der Waals surface area contributed by atoms with Gasteiger partial charge in [-0.1, -0.05) is 13.8 Å². The number of nitrogens with one attached hydrogen (secondary N) is 1. The van der Waals surface area contributed by atoms with E-state index in [1.54, 1.807) is 0 Å². The van der Waals surface area contributed by atoms with Crippen LogP contribution in [-0.2, 0) is 6.54 Å². The summed E-state index contributed by atoms with van der Waals surface area (Å²) in [5.41, 5.74) is 5.42. The van der Waals surface area contributed by atoms with Gasteiger partial charge in [0.1, 0.15) is 11.6 Å². The van der Waals surface area contributed by atoms with Gasteiger partial charge in [-0.25, -0.2) is 9.97 Å². The van der Waals surface area contributed by atoms with Gasteiger partial charge in [0.25, 0.3) is 0 Å². The first-order valence-electron chi connectivity index (χ1n) is 3.80. The second-order valence-corrected chi connectivity index (χ2v) is 3.19. The maximum Gasteiger partial charge on any atom is 0.222 e. The largest absolute Gasteiger partial charge is 0.331 e. The Morgan fingerprint density at radius 2 is 2.17 bits per heavy atom. The third-order valence-electron chi connectivity index (χ3n) is 1.46. The minimum Gasteiger partial charge on any atom is -0.331 e. The van der Waals surface area contributed by atoms with Crippen LogP contribution in [0.1, 0.15) is 31.4 Å². The summed E-state index contributed by atoms with van der Waals surface area (Å²) in [4.78, 5) is 11.1. The number of H-pyrrole nitrogens is 1. The molecule has 1 rings (SSSR count). The minimum absolute atomic E-state index is 0.319. The number of hydrogen-bond donors (Lipinski definition) is 2. The van der Waals surface area contributed by atoms with Crippen LogP contribution < -0.4 is 5.73 Å². The predicted molar refractivity (Wildman–Crippen MR) is 49.2 cm³/mol. The molecule has 0 unspecified atom stereocenters. The Balaban J connectivity index is 3.15. The first-order chi connectivity index (χ1) is 5.63. The van der Waals surface area contributed by atoms with Gasteiger partial charge in [-0.15, -0.1) is 0 Å². The van der Waals surface area contributed by atoms with Crippen molar-refractivity contribution in [3.05, 3.63) is 16.4 Å². The fraction of sp³-hybridized carbons (Fsp3) is 0.571. The maximum atomic E-state index is 5.42. The third kappa shape index (κ3) is 2.09. The molecule has 1 heterocycles. The van der Waals surface area contributed by atoms with Crippen LogP contribution in [0.4, 0.5) is 0 Å². The summed E-state index contributed by atoms with van der Waals surface area (Å²) in [5.74, 6) is 1.86. The zero-order chi connectivity index (χ0) is 9.14. The van der Waals surface area contributed by atoms with E-state index >= 15 is 0 Å². The molecule has 12 heavy (non-hydrogen) atoms. The van der Waals surface area contributed by atoms with Crippen LogP contribution in [0.5, 0.6) is 0 Å². The predicted octanol–water partition coefficient (Wildman–Crippen LogP) is 1.12. The third-order valence-corrected chi connectivity index (χ3v) is 1.64. The van der Waals surface area contributed by atoms with Crippen molar-refractivity contribution in [3.8, 4) is 0 Å². The highest BCUT2D eigenvalue weighted by atomic mass is 32.1. The minimum atomic E-state index is 0.319.